The first-order valence-corrected chi connectivity index (χ1v) is 9.12. The Labute approximate surface area is 132 Å². The fourth-order valence-corrected chi connectivity index (χ4v) is 4.95. The minimum absolute atomic E-state index is 0.110. The number of piperazine rings is 1. The predicted molar refractivity (Wildman–Crippen MR) is 82.2 cm³/mol. The molecule has 1 amide bonds. The molecule has 0 spiro atoms. The molecule has 0 aromatic carbocycles. The van der Waals surface area contributed by atoms with Crippen LogP contribution in [0.15, 0.2) is 34.1 Å². The third-order valence-corrected chi connectivity index (χ3v) is 6.84. The number of sulfonamides is 1. The number of aryl methyl sites for hydroxylation is 1. The molecule has 9 heteroatoms. The summed E-state index contributed by atoms with van der Waals surface area (Å²) in [6, 6.07) is 3.33. The molecule has 2 aromatic rings. The summed E-state index contributed by atoms with van der Waals surface area (Å²) in [6.45, 7) is 1.40. The number of hydrogen-bond acceptors (Lipinski definition) is 5. The molecule has 2 aromatic heterocycles. The van der Waals surface area contributed by atoms with Crippen molar-refractivity contribution in [3.8, 4) is 0 Å². The highest BCUT2D eigenvalue weighted by Gasteiger charge is 2.31. The van der Waals surface area contributed by atoms with E-state index in [4.69, 9.17) is 0 Å². The van der Waals surface area contributed by atoms with Gasteiger partial charge in [-0.05, 0) is 11.4 Å². The van der Waals surface area contributed by atoms with Crippen LogP contribution in [-0.2, 0) is 17.1 Å². The number of nitrogens with zero attached hydrogens (tertiary/aromatic N) is 4. The normalized spacial score (nSPS) is 16.9. The molecule has 7 nitrogen and oxygen atoms in total. The van der Waals surface area contributed by atoms with E-state index in [1.165, 1.54) is 21.8 Å². The van der Waals surface area contributed by atoms with Gasteiger partial charge in [-0.1, -0.05) is 6.07 Å². The maximum atomic E-state index is 12.4. The summed E-state index contributed by atoms with van der Waals surface area (Å²) in [4.78, 5) is 14.0. The lowest BCUT2D eigenvalue weighted by Crippen LogP contribution is -2.50. The Kier molecular flexibility index (Phi) is 4.02. The maximum absolute atomic E-state index is 12.4. The van der Waals surface area contributed by atoms with E-state index in [9.17, 15) is 13.2 Å². The molecule has 0 saturated carbocycles. The number of carbonyl (C=O) groups excluding carboxylic acids is 1. The second kappa shape index (κ2) is 5.82. The van der Waals surface area contributed by atoms with Crippen molar-refractivity contribution >= 4 is 27.3 Å². The summed E-state index contributed by atoms with van der Waals surface area (Å²) < 4.78 is 28.2. The van der Waals surface area contributed by atoms with Gasteiger partial charge in [-0.2, -0.15) is 9.40 Å². The minimum atomic E-state index is -3.43. The van der Waals surface area contributed by atoms with E-state index in [2.05, 4.69) is 5.10 Å². The monoisotopic (exact) mass is 340 g/mol. The highest BCUT2D eigenvalue weighted by molar-refractivity contribution is 7.91. The molecular formula is C13H16N4O3S2. The van der Waals surface area contributed by atoms with Gasteiger partial charge < -0.3 is 4.90 Å². The van der Waals surface area contributed by atoms with Crippen LogP contribution in [0.1, 0.15) is 10.4 Å². The summed E-state index contributed by atoms with van der Waals surface area (Å²) in [7, 11) is -1.68. The van der Waals surface area contributed by atoms with Gasteiger partial charge in [0.1, 0.15) is 4.21 Å². The van der Waals surface area contributed by atoms with Gasteiger partial charge in [0.2, 0.25) is 0 Å². The number of thiophene rings is 1. The molecular weight excluding hydrogens is 324 g/mol. The second-order valence-electron chi connectivity index (χ2n) is 5.03. The van der Waals surface area contributed by atoms with Gasteiger partial charge in [0.15, 0.2) is 0 Å². The zero-order valence-electron chi connectivity index (χ0n) is 12.0. The average Bonchev–Trinajstić information content (AvgIpc) is 3.18. The van der Waals surface area contributed by atoms with Crippen LogP contribution in [0.25, 0.3) is 0 Å². The van der Waals surface area contributed by atoms with E-state index in [1.807, 2.05) is 0 Å². The van der Waals surface area contributed by atoms with Crippen molar-refractivity contribution < 1.29 is 13.2 Å². The molecule has 0 radical (unpaired) electrons. The Balaban J connectivity index is 1.67. The highest BCUT2D eigenvalue weighted by Crippen LogP contribution is 2.22. The van der Waals surface area contributed by atoms with Gasteiger partial charge in [0.05, 0.1) is 11.8 Å². The molecule has 0 aliphatic carbocycles. The topological polar surface area (TPSA) is 75.5 Å². The largest absolute Gasteiger partial charge is 0.336 e. The second-order valence-corrected chi connectivity index (χ2v) is 8.14. The molecule has 0 unspecified atom stereocenters. The summed E-state index contributed by atoms with van der Waals surface area (Å²) >= 11 is 1.21. The van der Waals surface area contributed by atoms with Crippen LogP contribution in [0.4, 0.5) is 0 Å². The predicted octanol–water partition coefficient (Wildman–Crippen LogP) is 0.628. The molecule has 0 N–H and O–H groups in total. The molecule has 0 bridgehead atoms. The molecule has 3 heterocycles. The van der Waals surface area contributed by atoms with Crippen molar-refractivity contribution in [1.29, 1.82) is 0 Å². The van der Waals surface area contributed by atoms with Crippen LogP contribution >= 0.6 is 11.3 Å². The summed E-state index contributed by atoms with van der Waals surface area (Å²) in [5.74, 6) is -0.110. The first-order chi connectivity index (χ1) is 10.5. The van der Waals surface area contributed by atoms with Gasteiger partial charge in [-0.25, -0.2) is 8.42 Å². The first kappa shape index (κ1) is 15.2. The van der Waals surface area contributed by atoms with Crippen LogP contribution in [0.5, 0.6) is 0 Å². The Morgan fingerprint density at radius 3 is 2.55 bits per heavy atom. The van der Waals surface area contributed by atoms with Gasteiger partial charge in [-0.3, -0.25) is 9.48 Å². The van der Waals surface area contributed by atoms with E-state index in [0.29, 0.717) is 36.0 Å². The smallest absolute Gasteiger partial charge is 0.257 e. The standard InChI is InChI=1S/C13H16N4O3S2/c1-15-10-11(9-14-15)13(18)16-4-6-17(7-5-16)22(19,20)12-3-2-8-21-12/h2-3,8-10H,4-7H2,1H3. The third-order valence-electron chi connectivity index (χ3n) is 3.57. The molecule has 1 fully saturated rings. The molecule has 3 rings (SSSR count). The Hall–Kier alpha value is -1.71. The number of rotatable bonds is 3. The third kappa shape index (κ3) is 2.79. The summed E-state index contributed by atoms with van der Waals surface area (Å²) in [6.07, 6.45) is 3.19. The van der Waals surface area contributed by atoms with Crippen molar-refractivity contribution in [2.75, 3.05) is 26.2 Å². The summed E-state index contributed by atoms with van der Waals surface area (Å²) in [5.41, 5.74) is 0.525. The zero-order valence-corrected chi connectivity index (χ0v) is 13.7. The van der Waals surface area contributed by atoms with E-state index in [1.54, 1.807) is 40.3 Å². The Morgan fingerprint density at radius 1 is 1.27 bits per heavy atom. The van der Waals surface area contributed by atoms with E-state index in [0.717, 1.165) is 0 Å². The maximum Gasteiger partial charge on any atom is 0.257 e. The minimum Gasteiger partial charge on any atom is -0.336 e. The lowest BCUT2D eigenvalue weighted by molar-refractivity contribution is 0.0698. The molecule has 1 aliphatic rings. The van der Waals surface area contributed by atoms with E-state index >= 15 is 0 Å². The Bertz CT molecular complexity index is 759. The lowest BCUT2D eigenvalue weighted by Gasteiger charge is -2.33. The number of amides is 1. The lowest BCUT2D eigenvalue weighted by atomic mass is 10.2. The molecule has 118 valence electrons. The van der Waals surface area contributed by atoms with Gasteiger partial charge in [-0.15, -0.1) is 11.3 Å². The molecule has 0 atom stereocenters. The first-order valence-electron chi connectivity index (χ1n) is 6.80. The van der Waals surface area contributed by atoms with E-state index < -0.39 is 10.0 Å². The van der Waals surface area contributed by atoms with Crippen molar-refractivity contribution in [2.45, 2.75) is 4.21 Å². The van der Waals surface area contributed by atoms with Crippen LogP contribution in [-0.4, -0.2) is 59.5 Å². The van der Waals surface area contributed by atoms with Gasteiger partial charge in [0.25, 0.3) is 15.9 Å². The fraction of sp³-hybridized carbons (Fsp3) is 0.385. The Morgan fingerprint density at radius 2 is 2.00 bits per heavy atom. The highest BCUT2D eigenvalue weighted by atomic mass is 32.2. The molecule has 22 heavy (non-hydrogen) atoms. The van der Waals surface area contributed by atoms with Crippen LogP contribution in [0.2, 0.25) is 0 Å². The quantitative estimate of drug-likeness (QED) is 0.821. The van der Waals surface area contributed by atoms with E-state index in [-0.39, 0.29) is 5.91 Å². The molecule has 1 aliphatic heterocycles. The SMILES string of the molecule is Cn1cc(C(=O)N2CCN(S(=O)(=O)c3cccs3)CC2)cn1. The van der Waals surface area contributed by atoms with Crippen molar-refractivity contribution in [3.05, 3.63) is 35.5 Å². The number of hydrogen-bond donors (Lipinski definition) is 0. The average molecular weight is 340 g/mol. The summed E-state index contributed by atoms with van der Waals surface area (Å²) in [5, 5.41) is 5.73. The van der Waals surface area contributed by atoms with Gasteiger partial charge >= 0.3 is 0 Å². The van der Waals surface area contributed by atoms with Gasteiger partial charge in [0, 0.05) is 39.4 Å². The van der Waals surface area contributed by atoms with Crippen molar-refractivity contribution in [1.82, 2.24) is 19.0 Å². The number of carbonyl (C=O) groups is 1. The van der Waals surface area contributed by atoms with Crippen LogP contribution < -0.4 is 0 Å². The van der Waals surface area contributed by atoms with Crippen LogP contribution in [0, 0.1) is 0 Å². The molecule has 1 saturated heterocycles. The fourth-order valence-electron chi connectivity index (χ4n) is 2.38. The van der Waals surface area contributed by atoms with Crippen LogP contribution in [0.3, 0.4) is 0 Å². The van der Waals surface area contributed by atoms with Crippen molar-refractivity contribution in [3.63, 3.8) is 0 Å². The zero-order chi connectivity index (χ0) is 15.7. The van der Waals surface area contributed by atoms with Crippen molar-refractivity contribution in [2.24, 2.45) is 7.05 Å². The number of aromatic nitrogens is 2.